The Morgan fingerprint density at radius 2 is 1.82 bits per heavy atom. The van der Waals surface area contributed by atoms with Gasteiger partial charge >= 0.3 is 0 Å². The van der Waals surface area contributed by atoms with E-state index in [2.05, 4.69) is 10.3 Å². The summed E-state index contributed by atoms with van der Waals surface area (Å²) in [7, 11) is 0. The summed E-state index contributed by atoms with van der Waals surface area (Å²) in [6.07, 6.45) is 3.55. The van der Waals surface area contributed by atoms with Gasteiger partial charge in [-0.1, -0.05) is 41.9 Å². The number of benzene rings is 2. The molecule has 2 aromatic carbocycles. The molecule has 0 amide bonds. The fourth-order valence-corrected chi connectivity index (χ4v) is 2.52. The number of aromatic nitrogens is 1. The molecule has 0 aliphatic carbocycles. The summed E-state index contributed by atoms with van der Waals surface area (Å²) in [5, 5.41) is 13.4. The molecule has 22 heavy (non-hydrogen) atoms. The van der Waals surface area contributed by atoms with Crippen LogP contribution in [0, 0.1) is 0 Å². The normalized spacial score (nSPS) is 10.5. The van der Waals surface area contributed by atoms with Crippen molar-refractivity contribution in [1.82, 2.24) is 4.98 Å². The second-order valence-corrected chi connectivity index (χ2v) is 5.35. The van der Waals surface area contributed by atoms with Crippen molar-refractivity contribution in [3.05, 3.63) is 77.6 Å². The predicted octanol–water partition coefficient (Wildman–Crippen LogP) is 4.64. The lowest BCUT2D eigenvalue weighted by Crippen LogP contribution is -1.94. The minimum atomic E-state index is 0.00211. The van der Waals surface area contributed by atoms with E-state index in [0.717, 1.165) is 28.1 Å². The van der Waals surface area contributed by atoms with Crippen LogP contribution in [0.3, 0.4) is 0 Å². The third-order valence-corrected chi connectivity index (χ3v) is 3.59. The third kappa shape index (κ3) is 3.27. The van der Waals surface area contributed by atoms with Crippen LogP contribution >= 0.6 is 11.6 Å². The van der Waals surface area contributed by atoms with Crippen LogP contribution in [0.25, 0.3) is 11.1 Å². The average Bonchev–Trinajstić information content (AvgIpc) is 2.55. The number of rotatable bonds is 4. The highest BCUT2D eigenvalue weighted by atomic mass is 35.5. The highest BCUT2D eigenvalue weighted by Crippen LogP contribution is 2.27. The van der Waals surface area contributed by atoms with Crippen molar-refractivity contribution >= 4 is 23.0 Å². The molecule has 0 bridgehead atoms. The molecule has 0 unspecified atom stereocenters. The zero-order chi connectivity index (χ0) is 15.4. The van der Waals surface area contributed by atoms with Crippen molar-refractivity contribution in [1.29, 1.82) is 0 Å². The van der Waals surface area contributed by atoms with Crippen LogP contribution in [0.4, 0.5) is 11.4 Å². The maximum Gasteiger partial charge on any atom is 0.0687 e. The Kier molecular flexibility index (Phi) is 4.37. The lowest BCUT2D eigenvalue weighted by atomic mass is 10.0. The SMILES string of the molecule is OCc1ccccc1-c1cncc(Nc2cccc(Cl)c2)c1. The zero-order valence-electron chi connectivity index (χ0n) is 11.8. The highest BCUT2D eigenvalue weighted by Gasteiger charge is 2.05. The topological polar surface area (TPSA) is 45.2 Å². The van der Waals surface area contributed by atoms with Crippen molar-refractivity contribution in [3.63, 3.8) is 0 Å². The Morgan fingerprint density at radius 1 is 0.955 bits per heavy atom. The minimum Gasteiger partial charge on any atom is -0.392 e. The standard InChI is InChI=1S/C18H15ClN2O/c19-15-5-3-6-16(9-15)21-17-8-14(10-20-11-17)18-7-2-1-4-13(18)12-22/h1-11,21-22H,12H2. The van der Waals surface area contributed by atoms with Gasteiger partial charge in [0.05, 0.1) is 18.5 Å². The van der Waals surface area contributed by atoms with E-state index in [1.165, 1.54) is 0 Å². The molecule has 0 atom stereocenters. The fourth-order valence-electron chi connectivity index (χ4n) is 2.33. The van der Waals surface area contributed by atoms with E-state index in [4.69, 9.17) is 11.6 Å². The van der Waals surface area contributed by atoms with E-state index in [-0.39, 0.29) is 6.61 Å². The molecule has 1 aromatic heterocycles. The van der Waals surface area contributed by atoms with E-state index in [0.29, 0.717) is 5.02 Å². The molecule has 0 spiro atoms. The van der Waals surface area contributed by atoms with Crippen molar-refractivity contribution < 1.29 is 5.11 Å². The molecule has 0 saturated carbocycles. The van der Waals surface area contributed by atoms with Gasteiger partial charge < -0.3 is 10.4 Å². The Morgan fingerprint density at radius 3 is 2.64 bits per heavy atom. The summed E-state index contributed by atoms with van der Waals surface area (Å²) >= 11 is 5.99. The molecule has 0 saturated heterocycles. The number of hydrogen-bond acceptors (Lipinski definition) is 3. The van der Waals surface area contributed by atoms with Gasteiger partial charge in [0, 0.05) is 22.5 Å². The molecule has 0 aliphatic heterocycles. The van der Waals surface area contributed by atoms with Gasteiger partial charge in [0.25, 0.3) is 0 Å². The van der Waals surface area contributed by atoms with Crippen LogP contribution in [0.1, 0.15) is 5.56 Å². The number of nitrogens with one attached hydrogen (secondary N) is 1. The van der Waals surface area contributed by atoms with Gasteiger partial charge in [-0.05, 0) is 35.4 Å². The van der Waals surface area contributed by atoms with Gasteiger partial charge in [0.15, 0.2) is 0 Å². The van der Waals surface area contributed by atoms with Gasteiger partial charge in [0.1, 0.15) is 0 Å². The number of aliphatic hydroxyl groups is 1. The van der Waals surface area contributed by atoms with Gasteiger partial charge in [-0.3, -0.25) is 4.98 Å². The van der Waals surface area contributed by atoms with E-state index in [1.807, 2.05) is 54.6 Å². The van der Waals surface area contributed by atoms with Crippen molar-refractivity contribution in [2.45, 2.75) is 6.61 Å². The maximum absolute atomic E-state index is 9.46. The molecule has 2 N–H and O–H groups in total. The van der Waals surface area contributed by atoms with Crippen LogP contribution < -0.4 is 5.32 Å². The van der Waals surface area contributed by atoms with Gasteiger partial charge in [-0.25, -0.2) is 0 Å². The van der Waals surface area contributed by atoms with Gasteiger partial charge in [-0.2, -0.15) is 0 Å². The van der Waals surface area contributed by atoms with E-state index in [1.54, 1.807) is 12.4 Å². The molecule has 1 heterocycles. The second kappa shape index (κ2) is 6.60. The summed E-state index contributed by atoms with van der Waals surface area (Å²) in [5.74, 6) is 0. The molecular weight excluding hydrogens is 296 g/mol. The van der Waals surface area contributed by atoms with Gasteiger partial charge in [0.2, 0.25) is 0 Å². The Hall–Kier alpha value is -2.36. The van der Waals surface area contributed by atoms with Crippen LogP contribution in [-0.2, 0) is 6.61 Å². The number of aliphatic hydroxyl groups excluding tert-OH is 1. The van der Waals surface area contributed by atoms with Crippen molar-refractivity contribution in [2.75, 3.05) is 5.32 Å². The lowest BCUT2D eigenvalue weighted by molar-refractivity contribution is 0.282. The molecule has 110 valence electrons. The van der Waals surface area contributed by atoms with Crippen LogP contribution in [0.2, 0.25) is 5.02 Å². The molecule has 3 rings (SSSR count). The van der Waals surface area contributed by atoms with Crippen LogP contribution in [-0.4, -0.2) is 10.1 Å². The summed E-state index contributed by atoms with van der Waals surface area (Å²) in [6, 6.07) is 17.3. The summed E-state index contributed by atoms with van der Waals surface area (Å²) in [4.78, 5) is 4.28. The van der Waals surface area contributed by atoms with Crippen LogP contribution in [0.5, 0.6) is 0 Å². The summed E-state index contributed by atoms with van der Waals surface area (Å²) in [5.41, 5.74) is 4.59. The van der Waals surface area contributed by atoms with Crippen molar-refractivity contribution in [3.8, 4) is 11.1 Å². The van der Waals surface area contributed by atoms with Crippen LogP contribution in [0.15, 0.2) is 67.0 Å². The quantitative estimate of drug-likeness (QED) is 0.738. The molecule has 4 heteroatoms. The number of anilines is 2. The monoisotopic (exact) mass is 310 g/mol. The summed E-state index contributed by atoms with van der Waals surface area (Å²) in [6.45, 7) is 0.00211. The third-order valence-electron chi connectivity index (χ3n) is 3.35. The van der Waals surface area contributed by atoms with Crippen molar-refractivity contribution in [2.24, 2.45) is 0 Å². The average molecular weight is 311 g/mol. The molecular formula is C18H15ClN2O. The lowest BCUT2D eigenvalue weighted by Gasteiger charge is -2.10. The molecule has 0 radical (unpaired) electrons. The Balaban J connectivity index is 1.93. The largest absolute Gasteiger partial charge is 0.392 e. The predicted molar refractivity (Wildman–Crippen MR) is 90.3 cm³/mol. The van der Waals surface area contributed by atoms with E-state index < -0.39 is 0 Å². The molecule has 0 fully saturated rings. The first kappa shape index (κ1) is 14.6. The first-order valence-electron chi connectivity index (χ1n) is 6.93. The smallest absolute Gasteiger partial charge is 0.0687 e. The van der Waals surface area contributed by atoms with E-state index >= 15 is 0 Å². The Bertz CT molecular complexity index is 789. The number of halogens is 1. The van der Waals surface area contributed by atoms with E-state index in [9.17, 15) is 5.11 Å². The second-order valence-electron chi connectivity index (χ2n) is 4.91. The number of nitrogens with zero attached hydrogens (tertiary/aromatic N) is 1. The highest BCUT2D eigenvalue weighted by molar-refractivity contribution is 6.30. The first-order valence-corrected chi connectivity index (χ1v) is 7.31. The number of hydrogen-bond donors (Lipinski definition) is 2. The molecule has 3 aromatic rings. The fraction of sp³-hybridized carbons (Fsp3) is 0.0556. The molecule has 3 nitrogen and oxygen atoms in total. The maximum atomic E-state index is 9.46. The number of pyridine rings is 1. The Labute approximate surface area is 134 Å². The zero-order valence-corrected chi connectivity index (χ0v) is 12.6. The summed E-state index contributed by atoms with van der Waals surface area (Å²) < 4.78 is 0. The molecule has 0 aliphatic rings. The van der Waals surface area contributed by atoms with Gasteiger partial charge in [-0.15, -0.1) is 0 Å². The first-order chi connectivity index (χ1) is 10.8. The minimum absolute atomic E-state index is 0.00211.